The van der Waals surface area contributed by atoms with Crippen molar-refractivity contribution in [2.45, 2.75) is 18.5 Å². The number of methoxy groups -OCH3 is 2. The van der Waals surface area contributed by atoms with Crippen molar-refractivity contribution < 1.29 is 9.47 Å². The van der Waals surface area contributed by atoms with Gasteiger partial charge >= 0.3 is 0 Å². The summed E-state index contributed by atoms with van der Waals surface area (Å²) in [5.41, 5.74) is 2.40. The lowest BCUT2D eigenvalue weighted by molar-refractivity contribution is 0.172. The van der Waals surface area contributed by atoms with Crippen LogP contribution in [0.3, 0.4) is 0 Å². The second-order valence-corrected chi connectivity index (χ2v) is 6.52. The van der Waals surface area contributed by atoms with Gasteiger partial charge in [0.1, 0.15) is 0 Å². The van der Waals surface area contributed by atoms with Crippen LogP contribution in [0.15, 0.2) is 48.5 Å². The average molecular weight is 350 g/mol. The predicted molar refractivity (Wildman–Crippen MR) is 105 cm³/mol. The molecule has 0 spiro atoms. The highest BCUT2D eigenvalue weighted by atomic mass is 16.5. The van der Waals surface area contributed by atoms with Crippen molar-refractivity contribution in [1.82, 2.24) is 10.2 Å². The minimum atomic E-state index is 0.0196. The predicted octanol–water partition coefficient (Wildman–Crippen LogP) is 2.89. The van der Waals surface area contributed by atoms with Crippen LogP contribution in [-0.2, 0) is 6.42 Å². The van der Waals surface area contributed by atoms with Crippen LogP contribution >= 0.6 is 0 Å². The van der Waals surface area contributed by atoms with E-state index in [0.717, 1.165) is 37.6 Å². The molecule has 1 aliphatic heterocycles. The molecule has 2 aromatic rings. The highest BCUT2D eigenvalue weighted by molar-refractivity contribution is 5.43. The molecule has 0 radical (unpaired) electrons. The summed E-state index contributed by atoms with van der Waals surface area (Å²) in [7, 11) is 3.32. The minimum Gasteiger partial charge on any atom is -0.493 e. The van der Waals surface area contributed by atoms with Crippen LogP contribution < -0.4 is 14.8 Å². The molecule has 4 heteroatoms. The quantitative estimate of drug-likeness (QED) is 0.813. The molecule has 1 heterocycles. The Morgan fingerprint density at radius 1 is 1.15 bits per heavy atom. The van der Waals surface area contributed by atoms with E-state index in [1.54, 1.807) is 14.2 Å². The van der Waals surface area contributed by atoms with Gasteiger partial charge in [-0.2, -0.15) is 0 Å². The molecule has 4 nitrogen and oxygen atoms in total. The monoisotopic (exact) mass is 350 g/mol. The van der Waals surface area contributed by atoms with Gasteiger partial charge in [-0.05, 0) is 29.7 Å². The van der Waals surface area contributed by atoms with Crippen molar-refractivity contribution >= 4 is 0 Å². The van der Waals surface area contributed by atoms with Gasteiger partial charge in [-0.1, -0.05) is 42.3 Å². The van der Waals surface area contributed by atoms with E-state index in [1.807, 2.05) is 24.3 Å². The second-order valence-electron chi connectivity index (χ2n) is 6.52. The second kappa shape index (κ2) is 8.75. The van der Waals surface area contributed by atoms with Gasteiger partial charge in [-0.3, -0.25) is 4.90 Å². The van der Waals surface area contributed by atoms with E-state index >= 15 is 0 Å². The molecule has 2 atom stereocenters. The molecule has 3 rings (SSSR count). The van der Waals surface area contributed by atoms with Crippen LogP contribution in [0.5, 0.6) is 11.5 Å². The minimum absolute atomic E-state index is 0.0196. The van der Waals surface area contributed by atoms with E-state index in [2.05, 4.69) is 40.4 Å². The highest BCUT2D eigenvalue weighted by Crippen LogP contribution is 2.28. The molecule has 0 aromatic heterocycles. The lowest BCUT2D eigenvalue weighted by Gasteiger charge is -2.37. The van der Waals surface area contributed by atoms with E-state index in [-0.39, 0.29) is 6.04 Å². The van der Waals surface area contributed by atoms with E-state index in [1.165, 1.54) is 11.1 Å². The van der Waals surface area contributed by atoms with Crippen LogP contribution in [0.25, 0.3) is 0 Å². The smallest absolute Gasteiger partial charge is 0.160 e. The lowest BCUT2D eigenvalue weighted by Crippen LogP contribution is -2.52. The summed E-state index contributed by atoms with van der Waals surface area (Å²) < 4.78 is 10.7. The Bertz CT molecular complexity index is 754. The van der Waals surface area contributed by atoms with Crippen LogP contribution in [0.1, 0.15) is 17.2 Å². The van der Waals surface area contributed by atoms with Crippen molar-refractivity contribution in [1.29, 1.82) is 0 Å². The van der Waals surface area contributed by atoms with Crippen LogP contribution in [0.2, 0.25) is 0 Å². The zero-order valence-corrected chi connectivity index (χ0v) is 15.4. The summed E-state index contributed by atoms with van der Waals surface area (Å²) in [4.78, 5) is 2.39. The Morgan fingerprint density at radius 3 is 2.62 bits per heavy atom. The highest BCUT2D eigenvalue weighted by Gasteiger charge is 2.25. The maximum atomic E-state index is 5.86. The van der Waals surface area contributed by atoms with Gasteiger partial charge in [-0.25, -0.2) is 0 Å². The number of benzene rings is 2. The zero-order valence-electron chi connectivity index (χ0n) is 15.4. The number of hydrogen-bond acceptors (Lipinski definition) is 4. The fourth-order valence-corrected chi connectivity index (χ4v) is 3.56. The number of ether oxygens (including phenoxy) is 2. The Kier molecular flexibility index (Phi) is 6.17. The first-order chi connectivity index (χ1) is 12.7. The van der Waals surface area contributed by atoms with Gasteiger partial charge < -0.3 is 14.8 Å². The third-order valence-electron chi connectivity index (χ3n) is 4.86. The first kappa shape index (κ1) is 18.3. The number of nitrogens with zero attached hydrogens (tertiary/aromatic N) is 1. The maximum Gasteiger partial charge on any atom is 0.160 e. The Balaban J connectivity index is 1.70. The van der Waals surface area contributed by atoms with Gasteiger partial charge in [0, 0.05) is 25.7 Å². The molecule has 136 valence electrons. The SMILES string of the molecule is C#CC(c1ccccc1)N1CCNC(Cc2ccc(OC)c(OC)c2)C1. The first-order valence-corrected chi connectivity index (χ1v) is 8.94. The number of hydrogen-bond donors (Lipinski definition) is 1. The maximum absolute atomic E-state index is 5.86. The first-order valence-electron chi connectivity index (χ1n) is 8.94. The third-order valence-corrected chi connectivity index (χ3v) is 4.86. The number of piperazine rings is 1. The number of terminal acetylenes is 1. The van der Waals surface area contributed by atoms with Crippen molar-refractivity contribution in [3.05, 3.63) is 59.7 Å². The summed E-state index contributed by atoms with van der Waals surface area (Å²) in [6, 6.07) is 16.8. The Hall–Kier alpha value is -2.48. The normalized spacial score (nSPS) is 18.7. The molecule has 0 amide bonds. The topological polar surface area (TPSA) is 33.7 Å². The molecular formula is C22H26N2O2. The van der Waals surface area contributed by atoms with Crippen molar-refractivity contribution in [2.24, 2.45) is 0 Å². The van der Waals surface area contributed by atoms with Gasteiger partial charge in [0.2, 0.25) is 0 Å². The molecule has 0 saturated carbocycles. The molecule has 1 saturated heterocycles. The molecule has 0 bridgehead atoms. The summed E-state index contributed by atoms with van der Waals surface area (Å²) in [6.07, 6.45) is 6.78. The molecular weight excluding hydrogens is 324 g/mol. The molecule has 1 aliphatic rings. The molecule has 2 unspecified atom stereocenters. The van der Waals surface area contributed by atoms with Crippen LogP contribution in [-0.4, -0.2) is 44.8 Å². The molecule has 26 heavy (non-hydrogen) atoms. The van der Waals surface area contributed by atoms with Crippen LogP contribution in [0, 0.1) is 12.3 Å². The lowest BCUT2D eigenvalue weighted by atomic mass is 10.00. The van der Waals surface area contributed by atoms with Crippen molar-refractivity contribution in [3.8, 4) is 23.8 Å². The van der Waals surface area contributed by atoms with Gasteiger partial charge in [-0.15, -0.1) is 6.42 Å². The van der Waals surface area contributed by atoms with Crippen molar-refractivity contribution in [3.63, 3.8) is 0 Å². The largest absolute Gasteiger partial charge is 0.493 e. The van der Waals surface area contributed by atoms with Gasteiger partial charge in [0.15, 0.2) is 11.5 Å². The van der Waals surface area contributed by atoms with Gasteiger partial charge in [0.05, 0.1) is 20.3 Å². The Labute approximate surface area is 156 Å². The average Bonchev–Trinajstić information content (AvgIpc) is 2.69. The summed E-state index contributed by atoms with van der Waals surface area (Å²) in [5, 5.41) is 3.61. The Morgan fingerprint density at radius 2 is 1.92 bits per heavy atom. The van der Waals surface area contributed by atoms with E-state index in [4.69, 9.17) is 15.9 Å². The number of rotatable bonds is 6. The fraction of sp³-hybridized carbons (Fsp3) is 0.364. The molecule has 1 N–H and O–H groups in total. The summed E-state index contributed by atoms with van der Waals surface area (Å²) in [6.45, 7) is 2.80. The zero-order chi connectivity index (χ0) is 18.4. The fourth-order valence-electron chi connectivity index (χ4n) is 3.56. The van der Waals surface area contributed by atoms with E-state index < -0.39 is 0 Å². The van der Waals surface area contributed by atoms with E-state index in [9.17, 15) is 0 Å². The molecule has 0 aliphatic carbocycles. The summed E-state index contributed by atoms with van der Waals surface area (Å²) in [5.74, 6) is 4.49. The van der Waals surface area contributed by atoms with E-state index in [0.29, 0.717) is 6.04 Å². The molecule has 2 aromatic carbocycles. The van der Waals surface area contributed by atoms with Crippen LogP contribution in [0.4, 0.5) is 0 Å². The standard InChI is InChI=1S/C22H26N2O2/c1-4-20(18-8-6-5-7-9-18)24-13-12-23-19(16-24)14-17-10-11-21(25-2)22(15-17)26-3/h1,5-11,15,19-20,23H,12-14,16H2,2-3H3. The summed E-state index contributed by atoms with van der Waals surface area (Å²) >= 11 is 0. The number of nitrogens with one attached hydrogen (secondary N) is 1. The third kappa shape index (κ3) is 4.19. The molecule has 1 fully saturated rings. The van der Waals surface area contributed by atoms with Gasteiger partial charge in [0.25, 0.3) is 0 Å². The van der Waals surface area contributed by atoms with Crippen molar-refractivity contribution in [2.75, 3.05) is 33.9 Å².